The van der Waals surface area contributed by atoms with Gasteiger partial charge in [-0.1, -0.05) is 6.07 Å². The van der Waals surface area contributed by atoms with Crippen molar-refractivity contribution in [2.75, 3.05) is 17.2 Å². The van der Waals surface area contributed by atoms with Crippen LogP contribution in [0, 0.1) is 11.3 Å². The number of hydrogen-bond acceptors (Lipinski definition) is 6. The summed E-state index contributed by atoms with van der Waals surface area (Å²) in [5.74, 6) is -0.342. The van der Waals surface area contributed by atoms with E-state index in [1.807, 2.05) is 6.07 Å². The van der Waals surface area contributed by atoms with E-state index in [9.17, 15) is 13.2 Å². The zero-order valence-electron chi connectivity index (χ0n) is 12.6. The number of alkyl halides is 3. The number of nitrogens with one attached hydrogen (secondary N) is 2. The van der Waals surface area contributed by atoms with Gasteiger partial charge < -0.3 is 15.7 Å². The van der Waals surface area contributed by atoms with Gasteiger partial charge >= 0.3 is 6.18 Å². The van der Waals surface area contributed by atoms with E-state index in [1.165, 1.54) is 6.07 Å². The summed E-state index contributed by atoms with van der Waals surface area (Å²) in [6.45, 7) is 1.29. The Kier molecular flexibility index (Phi) is 5.21. The van der Waals surface area contributed by atoms with Gasteiger partial charge in [0.05, 0.1) is 18.2 Å². The minimum Gasteiger partial charge on any atom is -0.394 e. The van der Waals surface area contributed by atoms with Crippen molar-refractivity contribution in [1.29, 1.82) is 5.26 Å². The molecule has 1 heterocycles. The maximum Gasteiger partial charge on any atom is 0.433 e. The SMILES string of the molecule is C[C@@H](CO)Nc1nc(Nc2cccc(C#N)c2)cc(C(F)(F)F)n1. The van der Waals surface area contributed by atoms with Crippen LogP contribution in [0.5, 0.6) is 0 Å². The lowest BCUT2D eigenvalue weighted by Crippen LogP contribution is -2.22. The van der Waals surface area contributed by atoms with E-state index in [2.05, 4.69) is 20.6 Å². The lowest BCUT2D eigenvalue weighted by Gasteiger charge is -2.15. The molecule has 1 atom stereocenters. The monoisotopic (exact) mass is 337 g/mol. The number of halogens is 3. The second-order valence-electron chi connectivity index (χ2n) is 5.01. The van der Waals surface area contributed by atoms with Crippen molar-refractivity contribution < 1.29 is 18.3 Å². The van der Waals surface area contributed by atoms with E-state index >= 15 is 0 Å². The number of aliphatic hydroxyl groups excluding tert-OH is 1. The molecule has 0 radical (unpaired) electrons. The Labute approximate surface area is 136 Å². The van der Waals surface area contributed by atoms with Gasteiger partial charge in [0.15, 0.2) is 5.69 Å². The number of aromatic nitrogens is 2. The molecule has 0 fully saturated rings. The molecule has 0 spiro atoms. The Hall–Kier alpha value is -2.86. The summed E-state index contributed by atoms with van der Waals surface area (Å²) in [6.07, 6.45) is -4.65. The van der Waals surface area contributed by atoms with E-state index in [0.717, 1.165) is 6.07 Å². The summed E-state index contributed by atoms with van der Waals surface area (Å²) < 4.78 is 39.0. The van der Waals surface area contributed by atoms with E-state index in [0.29, 0.717) is 11.3 Å². The molecule has 3 N–H and O–H groups in total. The number of aliphatic hydroxyl groups is 1. The van der Waals surface area contributed by atoms with Crippen molar-refractivity contribution in [3.8, 4) is 6.07 Å². The average Bonchev–Trinajstić information content (AvgIpc) is 2.53. The molecule has 0 unspecified atom stereocenters. The predicted molar refractivity (Wildman–Crippen MR) is 81.6 cm³/mol. The zero-order valence-corrected chi connectivity index (χ0v) is 12.6. The molecular weight excluding hydrogens is 323 g/mol. The van der Waals surface area contributed by atoms with Crippen molar-refractivity contribution >= 4 is 17.5 Å². The van der Waals surface area contributed by atoms with Gasteiger partial charge in [0.25, 0.3) is 0 Å². The topological polar surface area (TPSA) is 93.9 Å². The average molecular weight is 337 g/mol. The second kappa shape index (κ2) is 7.14. The smallest absolute Gasteiger partial charge is 0.394 e. The summed E-state index contributed by atoms with van der Waals surface area (Å²) >= 11 is 0. The first kappa shape index (κ1) is 17.5. The maximum absolute atomic E-state index is 13.0. The van der Waals surface area contributed by atoms with Gasteiger partial charge in [-0.2, -0.15) is 23.4 Å². The fraction of sp³-hybridized carbons (Fsp3) is 0.267. The summed E-state index contributed by atoms with van der Waals surface area (Å²) in [6, 6.07) is 8.45. The largest absolute Gasteiger partial charge is 0.433 e. The molecule has 6 nitrogen and oxygen atoms in total. The van der Waals surface area contributed by atoms with Gasteiger partial charge in [0.1, 0.15) is 5.82 Å². The first-order chi connectivity index (χ1) is 11.3. The van der Waals surface area contributed by atoms with Crippen molar-refractivity contribution in [2.24, 2.45) is 0 Å². The molecule has 0 saturated heterocycles. The Morgan fingerprint density at radius 2 is 2.04 bits per heavy atom. The maximum atomic E-state index is 13.0. The zero-order chi connectivity index (χ0) is 17.7. The molecular formula is C15H14F3N5O. The summed E-state index contributed by atoms with van der Waals surface area (Å²) in [4.78, 5) is 7.38. The Morgan fingerprint density at radius 3 is 2.67 bits per heavy atom. The number of hydrogen-bond donors (Lipinski definition) is 3. The highest BCUT2D eigenvalue weighted by Gasteiger charge is 2.33. The van der Waals surface area contributed by atoms with Crippen LogP contribution in [0.1, 0.15) is 18.2 Å². The Bertz CT molecular complexity index is 758. The van der Waals surface area contributed by atoms with Crippen molar-refractivity contribution in [3.63, 3.8) is 0 Å². The van der Waals surface area contributed by atoms with Crippen LogP contribution in [-0.2, 0) is 6.18 Å². The molecule has 0 amide bonds. The molecule has 1 aromatic heterocycles. The molecule has 0 aliphatic rings. The highest BCUT2D eigenvalue weighted by atomic mass is 19.4. The third kappa shape index (κ3) is 4.57. The van der Waals surface area contributed by atoms with Gasteiger partial charge in [-0.25, -0.2) is 4.98 Å². The van der Waals surface area contributed by atoms with Crippen LogP contribution in [0.25, 0.3) is 0 Å². The van der Waals surface area contributed by atoms with E-state index in [1.54, 1.807) is 25.1 Å². The lowest BCUT2D eigenvalue weighted by atomic mass is 10.2. The van der Waals surface area contributed by atoms with Gasteiger partial charge in [0, 0.05) is 17.8 Å². The first-order valence-electron chi connectivity index (χ1n) is 6.92. The number of benzene rings is 1. The van der Waals surface area contributed by atoms with Crippen molar-refractivity contribution in [2.45, 2.75) is 19.1 Å². The molecule has 24 heavy (non-hydrogen) atoms. The van der Waals surface area contributed by atoms with E-state index < -0.39 is 17.9 Å². The Morgan fingerprint density at radius 1 is 1.29 bits per heavy atom. The molecule has 2 rings (SSSR count). The second-order valence-corrected chi connectivity index (χ2v) is 5.01. The van der Waals surface area contributed by atoms with E-state index in [-0.39, 0.29) is 18.4 Å². The minimum absolute atomic E-state index is 0.0833. The highest BCUT2D eigenvalue weighted by Crippen LogP contribution is 2.30. The first-order valence-corrected chi connectivity index (χ1v) is 6.92. The van der Waals surface area contributed by atoms with Crippen LogP contribution in [0.4, 0.5) is 30.6 Å². The van der Waals surface area contributed by atoms with Gasteiger partial charge in [-0.05, 0) is 25.1 Å². The third-order valence-electron chi connectivity index (χ3n) is 2.93. The Balaban J connectivity index is 2.37. The molecule has 0 saturated carbocycles. The molecule has 0 aliphatic heterocycles. The van der Waals surface area contributed by atoms with Crippen molar-refractivity contribution in [3.05, 3.63) is 41.6 Å². The molecule has 1 aromatic carbocycles. The fourth-order valence-electron chi connectivity index (χ4n) is 1.80. The van der Waals surface area contributed by atoms with Gasteiger partial charge in [-0.3, -0.25) is 0 Å². The van der Waals surface area contributed by atoms with E-state index in [4.69, 9.17) is 10.4 Å². The summed E-state index contributed by atoms with van der Waals surface area (Å²) in [7, 11) is 0. The highest BCUT2D eigenvalue weighted by molar-refractivity contribution is 5.59. The van der Waals surface area contributed by atoms with Crippen LogP contribution < -0.4 is 10.6 Å². The summed E-state index contributed by atoms with van der Waals surface area (Å²) in [5, 5.41) is 23.2. The van der Waals surface area contributed by atoms with Crippen molar-refractivity contribution in [1.82, 2.24) is 9.97 Å². The van der Waals surface area contributed by atoms with Crippen LogP contribution >= 0.6 is 0 Å². The van der Waals surface area contributed by atoms with Crippen LogP contribution in [0.3, 0.4) is 0 Å². The quantitative estimate of drug-likeness (QED) is 0.777. The minimum atomic E-state index is -4.65. The molecule has 0 aliphatic carbocycles. The molecule has 126 valence electrons. The molecule has 2 aromatic rings. The van der Waals surface area contributed by atoms with Gasteiger partial charge in [0.2, 0.25) is 5.95 Å². The molecule has 9 heteroatoms. The van der Waals surface area contributed by atoms with Crippen LogP contribution in [-0.4, -0.2) is 27.7 Å². The number of nitrogens with zero attached hydrogens (tertiary/aromatic N) is 3. The lowest BCUT2D eigenvalue weighted by molar-refractivity contribution is -0.141. The normalized spacial score (nSPS) is 12.3. The van der Waals surface area contributed by atoms with Crippen LogP contribution in [0.15, 0.2) is 30.3 Å². The number of anilines is 3. The van der Waals surface area contributed by atoms with Crippen LogP contribution in [0.2, 0.25) is 0 Å². The fourth-order valence-corrected chi connectivity index (χ4v) is 1.80. The third-order valence-corrected chi connectivity index (χ3v) is 2.93. The van der Waals surface area contributed by atoms with Gasteiger partial charge in [-0.15, -0.1) is 0 Å². The molecule has 0 bridgehead atoms. The number of nitriles is 1. The number of rotatable bonds is 5. The predicted octanol–water partition coefficient (Wildman–Crippen LogP) is 2.90. The standard InChI is InChI=1S/C15H14F3N5O/c1-9(8-24)20-14-22-12(15(16,17)18)6-13(23-14)21-11-4-2-3-10(5-11)7-19/h2-6,9,24H,8H2,1H3,(H2,20,21,22,23)/t9-/m0/s1. The summed E-state index contributed by atoms with van der Waals surface area (Å²) in [5.41, 5.74) is -0.344.